The molecule has 0 amide bonds. The Balaban J connectivity index is 3.58. The van der Waals surface area contributed by atoms with Crippen molar-refractivity contribution in [3.05, 3.63) is 27.3 Å². The average Bonchev–Trinajstić information content (AvgIpc) is 2.29. The van der Waals surface area contributed by atoms with E-state index in [-0.39, 0.29) is 0 Å². The van der Waals surface area contributed by atoms with E-state index in [1.165, 1.54) is 0 Å². The van der Waals surface area contributed by atoms with Gasteiger partial charge in [-0.1, -0.05) is 11.6 Å². The van der Waals surface area contributed by atoms with Crippen LogP contribution in [-0.2, 0) is 0 Å². The second-order valence-electron chi connectivity index (χ2n) is 4.47. The summed E-state index contributed by atoms with van der Waals surface area (Å²) >= 11 is 6.28. The SMILES string of the molecule is COc1c(C)c(C)c(Cl)c(C)c1C(O)N(C)C. The van der Waals surface area contributed by atoms with E-state index in [0.717, 1.165) is 22.3 Å². The molecule has 17 heavy (non-hydrogen) atoms. The molecule has 0 heterocycles. The van der Waals surface area contributed by atoms with Gasteiger partial charge in [0.2, 0.25) is 0 Å². The van der Waals surface area contributed by atoms with Crippen LogP contribution in [0.5, 0.6) is 5.75 Å². The number of halogens is 1. The lowest BCUT2D eigenvalue weighted by molar-refractivity contribution is 0.0368. The smallest absolute Gasteiger partial charge is 0.136 e. The van der Waals surface area contributed by atoms with Gasteiger partial charge < -0.3 is 9.84 Å². The fourth-order valence-corrected chi connectivity index (χ4v) is 2.18. The Morgan fingerprint density at radius 1 is 1.12 bits per heavy atom. The Bertz CT molecular complexity index is 430. The lowest BCUT2D eigenvalue weighted by atomic mass is 9.97. The minimum absolute atomic E-state index is 0.694. The Labute approximate surface area is 108 Å². The fourth-order valence-electron chi connectivity index (χ4n) is 1.94. The van der Waals surface area contributed by atoms with Crippen molar-refractivity contribution in [1.82, 2.24) is 4.90 Å². The highest BCUT2D eigenvalue weighted by molar-refractivity contribution is 6.32. The van der Waals surface area contributed by atoms with Crippen molar-refractivity contribution in [1.29, 1.82) is 0 Å². The summed E-state index contributed by atoms with van der Waals surface area (Å²) in [5, 5.41) is 10.9. The number of aliphatic hydroxyl groups excluding tert-OH is 1. The van der Waals surface area contributed by atoms with E-state index in [9.17, 15) is 5.11 Å². The zero-order valence-corrected chi connectivity index (χ0v) is 12.0. The largest absolute Gasteiger partial charge is 0.496 e. The minimum atomic E-state index is -0.721. The van der Waals surface area contributed by atoms with E-state index in [1.54, 1.807) is 12.0 Å². The zero-order valence-electron chi connectivity index (χ0n) is 11.3. The van der Waals surface area contributed by atoms with Gasteiger partial charge in [0.1, 0.15) is 12.0 Å². The highest BCUT2D eigenvalue weighted by atomic mass is 35.5. The van der Waals surface area contributed by atoms with Crippen LogP contribution in [0.3, 0.4) is 0 Å². The second kappa shape index (κ2) is 5.25. The number of hydrogen-bond donors (Lipinski definition) is 1. The van der Waals surface area contributed by atoms with Gasteiger partial charge in [-0.05, 0) is 51.6 Å². The summed E-state index contributed by atoms with van der Waals surface area (Å²) in [4.78, 5) is 1.72. The molecule has 3 nitrogen and oxygen atoms in total. The summed E-state index contributed by atoms with van der Waals surface area (Å²) in [6.45, 7) is 5.81. The molecule has 1 unspecified atom stereocenters. The molecule has 1 aromatic rings. The molecule has 0 aliphatic heterocycles. The second-order valence-corrected chi connectivity index (χ2v) is 4.85. The van der Waals surface area contributed by atoms with Gasteiger partial charge >= 0.3 is 0 Å². The molecule has 1 N–H and O–H groups in total. The Kier molecular flexibility index (Phi) is 4.42. The topological polar surface area (TPSA) is 32.7 Å². The van der Waals surface area contributed by atoms with Gasteiger partial charge in [-0.25, -0.2) is 0 Å². The van der Waals surface area contributed by atoms with E-state index in [0.29, 0.717) is 10.8 Å². The zero-order chi connectivity index (χ0) is 13.3. The first-order valence-corrected chi connectivity index (χ1v) is 5.88. The summed E-state index contributed by atoms with van der Waals surface area (Å²) in [5.41, 5.74) is 3.58. The van der Waals surface area contributed by atoms with Crippen LogP contribution < -0.4 is 4.74 Å². The number of benzene rings is 1. The molecular weight excluding hydrogens is 238 g/mol. The van der Waals surface area contributed by atoms with E-state index < -0.39 is 6.23 Å². The molecule has 0 bridgehead atoms. The Hall–Kier alpha value is -0.770. The molecule has 4 heteroatoms. The summed E-state index contributed by atoms with van der Waals surface area (Å²) in [6.07, 6.45) is -0.721. The third-order valence-corrected chi connectivity index (χ3v) is 3.73. The number of aliphatic hydroxyl groups is 1. The lowest BCUT2D eigenvalue weighted by Gasteiger charge is -2.25. The Morgan fingerprint density at radius 3 is 2.06 bits per heavy atom. The predicted molar refractivity (Wildman–Crippen MR) is 70.9 cm³/mol. The maximum absolute atomic E-state index is 10.2. The number of methoxy groups -OCH3 is 1. The van der Waals surface area contributed by atoms with Crippen LogP contribution in [-0.4, -0.2) is 31.2 Å². The van der Waals surface area contributed by atoms with Gasteiger partial charge in [0.05, 0.1) is 7.11 Å². The van der Waals surface area contributed by atoms with Crippen LogP contribution in [0, 0.1) is 20.8 Å². The summed E-state index contributed by atoms with van der Waals surface area (Å²) in [6, 6.07) is 0. The van der Waals surface area contributed by atoms with Gasteiger partial charge in [0, 0.05) is 10.6 Å². The van der Waals surface area contributed by atoms with E-state index >= 15 is 0 Å². The van der Waals surface area contributed by atoms with Crippen molar-refractivity contribution in [3.63, 3.8) is 0 Å². The number of nitrogens with zero attached hydrogens (tertiary/aromatic N) is 1. The third kappa shape index (κ3) is 2.41. The van der Waals surface area contributed by atoms with Crippen molar-refractivity contribution in [2.45, 2.75) is 27.0 Å². The molecule has 0 fully saturated rings. The van der Waals surface area contributed by atoms with E-state index in [1.807, 2.05) is 34.9 Å². The van der Waals surface area contributed by atoms with Crippen molar-refractivity contribution in [2.75, 3.05) is 21.2 Å². The van der Waals surface area contributed by atoms with Gasteiger partial charge in [-0.15, -0.1) is 0 Å². The van der Waals surface area contributed by atoms with Crippen molar-refractivity contribution in [2.24, 2.45) is 0 Å². The number of ether oxygens (including phenoxy) is 1. The standard InChI is InChI=1S/C13H20ClNO2/c1-7-8(2)12(17-6)10(9(3)11(7)14)13(16)15(4)5/h13,16H,1-6H3. The highest BCUT2D eigenvalue weighted by Gasteiger charge is 2.23. The van der Waals surface area contributed by atoms with Crippen molar-refractivity contribution >= 4 is 11.6 Å². The lowest BCUT2D eigenvalue weighted by Crippen LogP contribution is -2.21. The first-order chi connectivity index (χ1) is 7.82. The molecule has 1 rings (SSSR count). The first kappa shape index (κ1) is 14.3. The van der Waals surface area contributed by atoms with Crippen LogP contribution in [0.1, 0.15) is 28.5 Å². The average molecular weight is 258 g/mol. The van der Waals surface area contributed by atoms with Gasteiger partial charge in [0.15, 0.2) is 0 Å². The van der Waals surface area contributed by atoms with Gasteiger partial charge in [0.25, 0.3) is 0 Å². The van der Waals surface area contributed by atoms with Gasteiger partial charge in [-0.2, -0.15) is 0 Å². The summed E-state index contributed by atoms with van der Waals surface area (Å²) in [5.74, 6) is 0.714. The summed E-state index contributed by atoms with van der Waals surface area (Å²) < 4.78 is 5.42. The van der Waals surface area contributed by atoms with Crippen molar-refractivity contribution < 1.29 is 9.84 Å². The molecule has 0 aliphatic carbocycles. The molecule has 0 saturated carbocycles. The monoisotopic (exact) mass is 257 g/mol. The molecule has 0 radical (unpaired) electrons. The van der Waals surface area contributed by atoms with E-state index in [4.69, 9.17) is 16.3 Å². The molecule has 0 saturated heterocycles. The maximum Gasteiger partial charge on any atom is 0.136 e. The third-order valence-electron chi connectivity index (χ3n) is 3.16. The van der Waals surface area contributed by atoms with Crippen LogP contribution in [0.15, 0.2) is 0 Å². The van der Waals surface area contributed by atoms with E-state index in [2.05, 4.69) is 0 Å². The van der Waals surface area contributed by atoms with Crippen molar-refractivity contribution in [3.8, 4) is 5.75 Å². The molecular formula is C13H20ClNO2. The summed E-state index contributed by atoms with van der Waals surface area (Å²) in [7, 11) is 5.24. The molecule has 0 aliphatic rings. The normalized spacial score (nSPS) is 13.0. The van der Waals surface area contributed by atoms with Crippen LogP contribution in [0.25, 0.3) is 0 Å². The first-order valence-electron chi connectivity index (χ1n) is 5.50. The maximum atomic E-state index is 10.2. The molecule has 1 atom stereocenters. The Morgan fingerprint density at radius 2 is 1.65 bits per heavy atom. The quantitative estimate of drug-likeness (QED) is 0.846. The minimum Gasteiger partial charge on any atom is -0.496 e. The predicted octanol–water partition coefficient (Wildman–Crippen LogP) is 2.83. The molecule has 0 aromatic heterocycles. The molecule has 0 spiro atoms. The molecule has 1 aromatic carbocycles. The number of hydrogen-bond acceptors (Lipinski definition) is 3. The highest BCUT2D eigenvalue weighted by Crippen LogP contribution is 2.39. The van der Waals surface area contributed by atoms with Crippen LogP contribution >= 0.6 is 11.6 Å². The fraction of sp³-hybridized carbons (Fsp3) is 0.538. The van der Waals surface area contributed by atoms with Crippen LogP contribution in [0.4, 0.5) is 0 Å². The molecule has 96 valence electrons. The van der Waals surface area contributed by atoms with Gasteiger partial charge in [-0.3, -0.25) is 4.90 Å². The number of rotatable bonds is 3. The van der Waals surface area contributed by atoms with Crippen LogP contribution in [0.2, 0.25) is 5.02 Å².